The van der Waals surface area contributed by atoms with Gasteiger partial charge >= 0.3 is 0 Å². The molecule has 4 nitrogen and oxygen atoms in total. The van der Waals surface area contributed by atoms with Crippen LogP contribution in [0.1, 0.15) is 28.7 Å². The van der Waals surface area contributed by atoms with Crippen LogP contribution in [-0.2, 0) is 17.8 Å². The average molecular weight is 334 g/mol. The second-order valence-electron chi connectivity index (χ2n) is 6.26. The average Bonchev–Trinajstić information content (AvgIpc) is 3.16. The van der Waals surface area contributed by atoms with Gasteiger partial charge < -0.3 is 9.73 Å². The normalized spacial score (nSPS) is 10.6. The molecule has 0 radical (unpaired) electrons. The molecule has 0 aliphatic carbocycles. The van der Waals surface area contributed by atoms with Crippen LogP contribution in [0.2, 0.25) is 0 Å². The molecule has 25 heavy (non-hydrogen) atoms. The van der Waals surface area contributed by atoms with E-state index < -0.39 is 0 Å². The minimum atomic E-state index is 0.0529. The van der Waals surface area contributed by atoms with Crippen LogP contribution in [0.15, 0.2) is 59.5 Å². The van der Waals surface area contributed by atoms with E-state index >= 15 is 0 Å². The van der Waals surface area contributed by atoms with Crippen LogP contribution in [0.25, 0.3) is 11.3 Å². The van der Waals surface area contributed by atoms with Crippen LogP contribution in [0.5, 0.6) is 0 Å². The van der Waals surface area contributed by atoms with Crippen molar-refractivity contribution in [1.82, 2.24) is 10.3 Å². The summed E-state index contributed by atoms with van der Waals surface area (Å²) in [6, 6.07) is 12.1. The highest BCUT2D eigenvalue weighted by molar-refractivity contribution is 5.76. The van der Waals surface area contributed by atoms with Crippen molar-refractivity contribution < 1.29 is 9.21 Å². The standard InChI is InChI=1S/C21H22N2O2/c1-15-3-4-17(11-16(15)2)6-8-21(24)23-13-18-5-7-20(22-12-18)19-9-10-25-14-19/h3-5,7,9-12,14H,6,8,13H2,1-2H3,(H,23,24). The number of nitrogens with one attached hydrogen (secondary N) is 1. The molecule has 2 heterocycles. The maximum atomic E-state index is 12.1. The van der Waals surface area contributed by atoms with E-state index in [1.165, 1.54) is 16.7 Å². The third kappa shape index (κ3) is 4.57. The first-order chi connectivity index (χ1) is 12.1. The summed E-state index contributed by atoms with van der Waals surface area (Å²) in [4.78, 5) is 16.5. The monoisotopic (exact) mass is 334 g/mol. The Morgan fingerprint density at radius 3 is 2.60 bits per heavy atom. The van der Waals surface area contributed by atoms with Crippen LogP contribution in [0, 0.1) is 13.8 Å². The van der Waals surface area contributed by atoms with Gasteiger partial charge in [0.05, 0.1) is 18.2 Å². The quantitative estimate of drug-likeness (QED) is 0.735. The fraction of sp³-hybridized carbons (Fsp3) is 0.238. The predicted octanol–water partition coefficient (Wildman–Crippen LogP) is 4.21. The van der Waals surface area contributed by atoms with Crippen LogP contribution in [0.4, 0.5) is 0 Å². The number of hydrogen-bond acceptors (Lipinski definition) is 3. The molecule has 128 valence electrons. The summed E-state index contributed by atoms with van der Waals surface area (Å²) < 4.78 is 5.06. The minimum absolute atomic E-state index is 0.0529. The topological polar surface area (TPSA) is 55.1 Å². The van der Waals surface area contributed by atoms with Gasteiger partial charge in [0.25, 0.3) is 0 Å². The summed E-state index contributed by atoms with van der Waals surface area (Å²) in [6.45, 7) is 4.68. The van der Waals surface area contributed by atoms with E-state index in [9.17, 15) is 4.79 Å². The van der Waals surface area contributed by atoms with Crippen LogP contribution in [0.3, 0.4) is 0 Å². The summed E-state index contributed by atoms with van der Waals surface area (Å²) in [7, 11) is 0. The molecule has 0 atom stereocenters. The summed E-state index contributed by atoms with van der Waals surface area (Å²) in [5, 5.41) is 2.95. The number of rotatable bonds is 6. The third-order valence-electron chi connectivity index (χ3n) is 4.34. The van der Waals surface area contributed by atoms with Crippen molar-refractivity contribution in [1.29, 1.82) is 0 Å². The molecule has 0 aliphatic rings. The molecule has 4 heteroatoms. The van der Waals surface area contributed by atoms with E-state index in [1.807, 2.05) is 18.2 Å². The lowest BCUT2D eigenvalue weighted by Gasteiger charge is -2.07. The molecule has 0 aliphatic heterocycles. The Hall–Kier alpha value is -2.88. The Morgan fingerprint density at radius 1 is 1.08 bits per heavy atom. The SMILES string of the molecule is Cc1ccc(CCC(=O)NCc2ccc(-c3ccoc3)nc2)cc1C. The molecule has 0 unspecified atom stereocenters. The number of hydrogen-bond donors (Lipinski definition) is 1. The number of furan rings is 1. The van der Waals surface area contributed by atoms with Crippen molar-refractivity contribution in [3.8, 4) is 11.3 Å². The Labute approximate surface area is 147 Å². The van der Waals surface area contributed by atoms with Crippen LogP contribution in [-0.4, -0.2) is 10.9 Å². The second-order valence-corrected chi connectivity index (χ2v) is 6.26. The molecule has 1 aromatic carbocycles. The van der Waals surface area contributed by atoms with Crippen molar-refractivity contribution in [2.45, 2.75) is 33.2 Å². The second kappa shape index (κ2) is 7.79. The van der Waals surface area contributed by atoms with Gasteiger partial charge in [-0.25, -0.2) is 0 Å². The zero-order valence-electron chi connectivity index (χ0n) is 14.6. The Morgan fingerprint density at radius 2 is 1.92 bits per heavy atom. The first-order valence-electron chi connectivity index (χ1n) is 8.42. The zero-order valence-corrected chi connectivity index (χ0v) is 14.6. The van der Waals surface area contributed by atoms with Gasteiger partial charge in [0.2, 0.25) is 5.91 Å². The Balaban J connectivity index is 1.48. The highest BCUT2D eigenvalue weighted by Crippen LogP contribution is 2.17. The van der Waals surface area contributed by atoms with E-state index in [4.69, 9.17) is 4.42 Å². The Kier molecular flexibility index (Phi) is 5.29. The zero-order chi connectivity index (χ0) is 17.6. The summed E-state index contributed by atoms with van der Waals surface area (Å²) in [5.41, 5.74) is 6.53. The van der Waals surface area contributed by atoms with Crippen molar-refractivity contribution in [2.24, 2.45) is 0 Å². The molecule has 0 bridgehead atoms. The lowest BCUT2D eigenvalue weighted by Crippen LogP contribution is -2.23. The fourth-order valence-corrected chi connectivity index (χ4v) is 2.62. The van der Waals surface area contributed by atoms with E-state index in [0.29, 0.717) is 13.0 Å². The highest BCUT2D eigenvalue weighted by Gasteiger charge is 2.05. The molecule has 3 rings (SSSR count). The van der Waals surface area contributed by atoms with E-state index in [2.05, 4.69) is 42.3 Å². The molecule has 3 aromatic rings. The number of benzene rings is 1. The van der Waals surface area contributed by atoms with Gasteiger partial charge in [-0.3, -0.25) is 9.78 Å². The molecule has 1 N–H and O–H groups in total. The number of carbonyl (C=O) groups is 1. The molecule has 0 saturated heterocycles. The van der Waals surface area contributed by atoms with Gasteiger partial charge in [0.15, 0.2) is 0 Å². The number of aryl methyl sites for hydroxylation is 3. The van der Waals surface area contributed by atoms with Gasteiger partial charge in [-0.05, 0) is 54.7 Å². The van der Waals surface area contributed by atoms with Gasteiger partial charge in [-0.2, -0.15) is 0 Å². The summed E-state index contributed by atoms with van der Waals surface area (Å²) >= 11 is 0. The number of nitrogens with zero attached hydrogens (tertiary/aromatic N) is 1. The predicted molar refractivity (Wildman–Crippen MR) is 98.0 cm³/mol. The van der Waals surface area contributed by atoms with Gasteiger partial charge in [-0.15, -0.1) is 0 Å². The number of carbonyl (C=O) groups excluding carboxylic acids is 1. The maximum Gasteiger partial charge on any atom is 0.220 e. The molecule has 1 amide bonds. The van der Waals surface area contributed by atoms with E-state index in [0.717, 1.165) is 23.2 Å². The van der Waals surface area contributed by atoms with Crippen molar-refractivity contribution >= 4 is 5.91 Å². The van der Waals surface area contributed by atoms with Gasteiger partial charge in [0, 0.05) is 24.7 Å². The third-order valence-corrected chi connectivity index (χ3v) is 4.34. The summed E-state index contributed by atoms with van der Waals surface area (Å²) in [5.74, 6) is 0.0529. The number of aromatic nitrogens is 1. The maximum absolute atomic E-state index is 12.1. The lowest BCUT2D eigenvalue weighted by atomic mass is 10.0. The first-order valence-corrected chi connectivity index (χ1v) is 8.42. The first kappa shape index (κ1) is 17.0. The molecule has 2 aromatic heterocycles. The van der Waals surface area contributed by atoms with Crippen LogP contribution >= 0.6 is 0 Å². The van der Waals surface area contributed by atoms with Crippen LogP contribution < -0.4 is 5.32 Å². The smallest absolute Gasteiger partial charge is 0.220 e. The highest BCUT2D eigenvalue weighted by atomic mass is 16.3. The lowest BCUT2D eigenvalue weighted by molar-refractivity contribution is -0.121. The number of pyridine rings is 1. The molecule has 0 spiro atoms. The molecular weight excluding hydrogens is 312 g/mol. The largest absolute Gasteiger partial charge is 0.472 e. The van der Waals surface area contributed by atoms with Crippen molar-refractivity contribution in [3.63, 3.8) is 0 Å². The summed E-state index contributed by atoms with van der Waals surface area (Å²) in [6.07, 6.45) is 6.32. The molecule has 0 saturated carbocycles. The minimum Gasteiger partial charge on any atom is -0.472 e. The Bertz CT molecular complexity index is 837. The van der Waals surface area contributed by atoms with Gasteiger partial charge in [0.1, 0.15) is 0 Å². The van der Waals surface area contributed by atoms with Gasteiger partial charge in [-0.1, -0.05) is 24.3 Å². The molecule has 0 fully saturated rings. The fourth-order valence-electron chi connectivity index (χ4n) is 2.62. The molecular formula is C21H22N2O2. The van der Waals surface area contributed by atoms with E-state index in [1.54, 1.807) is 18.7 Å². The van der Waals surface area contributed by atoms with Crippen molar-refractivity contribution in [2.75, 3.05) is 0 Å². The van der Waals surface area contributed by atoms with Crippen molar-refractivity contribution in [3.05, 3.63) is 77.4 Å². The van der Waals surface area contributed by atoms with E-state index in [-0.39, 0.29) is 5.91 Å². The number of amides is 1.